The fourth-order valence-corrected chi connectivity index (χ4v) is 1.97. The summed E-state index contributed by atoms with van der Waals surface area (Å²) in [5.74, 6) is 0.511. The SMILES string of the molecule is COc1ccc(/C=C/C(=O)c2ccc(OC)c([N+](=O)[O-])c2)cc1. The van der Waals surface area contributed by atoms with Crippen LogP contribution in [0, 0.1) is 10.1 Å². The van der Waals surface area contributed by atoms with Crippen LogP contribution in [-0.2, 0) is 0 Å². The van der Waals surface area contributed by atoms with Crippen LogP contribution in [0.3, 0.4) is 0 Å². The Labute approximate surface area is 133 Å². The van der Waals surface area contributed by atoms with Gasteiger partial charge in [-0.15, -0.1) is 0 Å². The van der Waals surface area contributed by atoms with Gasteiger partial charge in [-0.1, -0.05) is 18.2 Å². The van der Waals surface area contributed by atoms with Crippen molar-refractivity contribution in [3.05, 3.63) is 69.8 Å². The van der Waals surface area contributed by atoms with Crippen molar-refractivity contribution < 1.29 is 19.2 Å². The van der Waals surface area contributed by atoms with Crippen molar-refractivity contribution in [2.24, 2.45) is 0 Å². The summed E-state index contributed by atoms with van der Waals surface area (Å²) in [5, 5.41) is 11.0. The van der Waals surface area contributed by atoms with Crippen LogP contribution in [0.5, 0.6) is 11.5 Å². The second-order valence-electron chi connectivity index (χ2n) is 4.61. The van der Waals surface area contributed by atoms with Gasteiger partial charge in [0.2, 0.25) is 0 Å². The monoisotopic (exact) mass is 313 g/mol. The number of carbonyl (C=O) groups excluding carboxylic acids is 1. The van der Waals surface area contributed by atoms with Crippen molar-refractivity contribution in [2.45, 2.75) is 0 Å². The fraction of sp³-hybridized carbons (Fsp3) is 0.118. The largest absolute Gasteiger partial charge is 0.497 e. The first kappa shape index (κ1) is 16.2. The molecule has 2 aromatic carbocycles. The fourth-order valence-electron chi connectivity index (χ4n) is 1.97. The number of ether oxygens (including phenoxy) is 2. The van der Waals surface area contributed by atoms with Gasteiger partial charge >= 0.3 is 5.69 Å². The first-order valence-electron chi connectivity index (χ1n) is 6.74. The van der Waals surface area contributed by atoms with E-state index in [4.69, 9.17) is 9.47 Å². The number of rotatable bonds is 6. The number of nitro groups is 1. The molecule has 0 aliphatic heterocycles. The highest BCUT2D eigenvalue weighted by molar-refractivity contribution is 6.07. The Morgan fingerprint density at radius 1 is 1.09 bits per heavy atom. The molecule has 0 aliphatic carbocycles. The molecule has 0 unspecified atom stereocenters. The predicted molar refractivity (Wildman–Crippen MR) is 86.0 cm³/mol. The second-order valence-corrected chi connectivity index (χ2v) is 4.61. The Morgan fingerprint density at radius 2 is 1.78 bits per heavy atom. The number of benzene rings is 2. The standard InChI is InChI=1S/C17H15NO5/c1-22-14-7-3-12(4-8-14)5-9-16(19)13-6-10-17(23-2)15(11-13)18(20)21/h3-11H,1-2H3/b9-5+. The van der Waals surface area contributed by atoms with Gasteiger partial charge < -0.3 is 9.47 Å². The Hall–Kier alpha value is -3.15. The molecule has 0 aliphatic rings. The Balaban J connectivity index is 2.21. The van der Waals surface area contributed by atoms with E-state index >= 15 is 0 Å². The van der Waals surface area contributed by atoms with Crippen LogP contribution in [0.2, 0.25) is 0 Å². The molecule has 2 aromatic rings. The van der Waals surface area contributed by atoms with Crippen molar-refractivity contribution in [1.29, 1.82) is 0 Å². The van der Waals surface area contributed by atoms with E-state index in [2.05, 4.69) is 0 Å². The van der Waals surface area contributed by atoms with Crippen LogP contribution >= 0.6 is 0 Å². The molecule has 0 fully saturated rings. The molecule has 0 saturated carbocycles. The lowest BCUT2D eigenvalue weighted by molar-refractivity contribution is -0.385. The van der Waals surface area contributed by atoms with E-state index in [1.54, 1.807) is 37.5 Å². The smallest absolute Gasteiger partial charge is 0.311 e. The number of hydrogen-bond acceptors (Lipinski definition) is 5. The Morgan fingerprint density at radius 3 is 2.35 bits per heavy atom. The number of hydrogen-bond donors (Lipinski definition) is 0. The quantitative estimate of drug-likeness (QED) is 0.353. The van der Waals surface area contributed by atoms with Crippen LogP contribution in [0.4, 0.5) is 5.69 Å². The highest BCUT2D eigenvalue weighted by atomic mass is 16.6. The number of methoxy groups -OCH3 is 2. The third-order valence-electron chi connectivity index (χ3n) is 3.20. The summed E-state index contributed by atoms with van der Waals surface area (Å²) in [6, 6.07) is 11.3. The van der Waals surface area contributed by atoms with Gasteiger partial charge in [-0.25, -0.2) is 0 Å². The molecule has 6 heteroatoms. The van der Waals surface area contributed by atoms with Crippen molar-refractivity contribution in [3.8, 4) is 11.5 Å². The van der Waals surface area contributed by atoms with Crippen molar-refractivity contribution in [3.63, 3.8) is 0 Å². The minimum Gasteiger partial charge on any atom is -0.497 e. The van der Waals surface area contributed by atoms with Gasteiger partial charge in [0.25, 0.3) is 0 Å². The van der Waals surface area contributed by atoms with E-state index in [1.165, 1.54) is 31.4 Å². The normalized spacial score (nSPS) is 10.5. The molecule has 0 aromatic heterocycles. The zero-order valence-electron chi connectivity index (χ0n) is 12.7. The maximum atomic E-state index is 12.1. The van der Waals surface area contributed by atoms with Crippen molar-refractivity contribution in [1.82, 2.24) is 0 Å². The number of nitro benzene ring substituents is 1. The number of ketones is 1. The third kappa shape index (κ3) is 3.94. The van der Waals surface area contributed by atoms with Crippen molar-refractivity contribution in [2.75, 3.05) is 14.2 Å². The van der Waals surface area contributed by atoms with Crippen LogP contribution in [0.25, 0.3) is 6.08 Å². The van der Waals surface area contributed by atoms with Crippen LogP contribution in [-0.4, -0.2) is 24.9 Å². The third-order valence-corrected chi connectivity index (χ3v) is 3.20. The molecule has 0 atom stereocenters. The molecule has 118 valence electrons. The topological polar surface area (TPSA) is 78.7 Å². The number of nitrogens with zero attached hydrogens (tertiary/aromatic N) is 1. The van der Waals surface area contributed by atoms with E-state index in [0.717, 1.165) is 11.3 Å². The van der Waals surface area contributed by atoms with Gasteiger partial charge in [0, 0.05) is 11.6 Å². The highest BCUT2D eigenvalue weighted by Crippen LogP contribution is 2.27. The molecule has 0 N–H and O–H groups in total. The summed E-state index contributed by atoms with van der Waals surface area (Å²) in [4.78, 5) is 22.5. The summed E-state index contributed by atoms with van der Waals surface area (Å²) >= 11 is 0. The summed E-state index contributed by atoms with van der Waals surface area (Å²) in [6.45, 7) is 0. The molecule has 23 heavy (non-hydrogen) atoms. The Kier molecular flexibility index (Phi) is 5.09. The van der Waals surface area contributed by atoms with Gasteiger partial charge in [-0.2, -0.15) is 0 Å². The predicted octanol–water partition coefficient (Wildman–Crippen LogP) is 3.51. The lowest BCUT2D eigenvalue weighted by Crippen LogP contribution is -1.99. The van der Waals surface area contributed by atoms with Gasteiger partial charge in [-0.3, -0.25) is 14.9 Å². The van der Waals surface area contributed by atoms with Gasteiger partial charge in [0.05, 0.1) is 19.1 Å². The zero-order valence-corrected chi connectivity index (χ0v) is 12.7. The lowest BCUT2D eigenvalue weighted by atomic mass is 10.1. The van der Waals surface area contributed by atoms with E-state index < -0.39 is 4.92 Å². The minimum atomic E-state index is -0.581. The molecule has 2 rings (SSSR count). The van der Waals surface area contributed by atoms with Gasteiger partial charge in [0.15, 0.2) is 11.5 Å². The van der Waals surface area contributed by atoms with Gasteiger partial charge in [0.1, 0.15) is 5.75 Å². The first-order valence-corrected chi connectivity index (χ1v) is 6.74. The average molecular weight is 313 g/mol. The lowest BCUT2D eigenvalue weighted by Gasteiger charge is -2.03. The maximum Gasteiger partial charge on any atom is 0.311 e. The average Bonchev–Trinajstić information content (AvgIpc) is 2.59. The summed E-state index contributed by atoms with van der Waals surface area (Å²) in [7, 11) is 2.92. The van der Waals surface area contributed by atoms with E-state index in [1.807, 2.05) is 0 Å². The van der Waals surface area contributed by atoms with E-state index in [-0.39, 0.29) is 22.8 Å². The van der Waals surface area contributed by atoms with Crippen LogP contribution in [0.15, 0.2) is 48.5 Å². The molecular weight excluding hydrogens is 298 g/mol. The molecule has 0 bridgehead atoms. The zero-order chi connectivity index (χ0) is 16.8. The molecule has 0 amide bonds. The number of carbonyl (C=O) groups is 1. The van der Waals surface area contributed by atoms with Crippen LogP contribution < -0.4 is 9.47 Å². The molecule has 6 nitrogen and oxygen atoms in total. The maximum absolute atomic E-state index is 12.1. The summed E-state index contributed by atoms with van der Waals surface area (Å²) in [5.41, 5.74) is 0.806. The van der Waals surface area contributed by atoms with E-state index in [0.29, 0.717) is 0 Å². The van der Waals surface area contributed by atoms with Crippen molar-refractivity contribution >= 4 is 17.5 Å². The molecule has 0 heterocycles. The number of allylic oxidation sites excluding steroid dienone is 1. The highest BCUT2D eigenvalue weighted by Gasteiger charge is 2.17. The summed E-state index contributed by atoms with van der Waals surface area (Å²) < 4.78 is 9.96. The van der Waals surface area contributed by atoms with Gasteiger partial charge in [-0.05, 0) is 35.9 Å². The van der Waals surface area contributed by atoms with E-state index in [9.17, 15) is 14.9 Å². The molecule has 0 radical (unpaired) electrons. The first-order chi connectivity index (χ1) is 11.0. The Bertz CT molecular complexity index is 750. The summed E-state index contributed by atoms with van der Waals surface area (Å²) in [6.07, 6.45) is 3.01. The van der Waals surface area contributed by atoms with Crippen LogP contribution in [0.1, 0.15) is 15.9 Å². The second kappa shape index (κ2) is 7.22. The molecule has 0 saturated heterocycles. The minimum absolute atomic E-state index is 0.116. The molecule has 0 spiro atoms. The molecular formula is C17H15NO5.